The fourth-order valence-electron chi connectivity index (χ4n) is 18.2. The van der Waals surface area contributed by atoms with Crippen LogP contribution in [0.3, 0.4) is 0 Å². The molecule has 0 N–H and O–H groups in total. The van der Waals surface area contributed by atoms with E-state index in [-0.39, 0.29) is 10.8 Å². The zero-order valence-electron chi connectivity index (χ0n) is 41.3. The standard InChI is InChI=1S/C68H67N/c1-65(2)60-16-9-8-15-56(60)57-24-22-55(35-62(57)65)69(53-20-17-49(18-21-53)48-11-6-5-7-12-48)54-14-10-13-50(31-54)59-32-52(68-39-45-28-46(40-68)30-47(29-45)41-68)34-63-64(59)58-23-19-51(33-61(58)66(63,3)4)67-36-42-25-43(37-67)27-44(26-42)38-67/h5-24,31-35,42-47H,25-30,36-41H2,1-4H3. The Kier molecular flexibility index (Phi) is 8.63. The van der Waals surface area contributed by atoms with Crippen molar-refractivity contribution in [3.8, 4) is 44.5 Å². The van der Waals surface area contributed by atoms with Gasteiger partial charge in [-0.05, 0) is 244 Å². The largest absolute Gasteiger partial charge is 0.310 e. The summed E-state index contributed by atoms with van der Waals surface area (Å²) in [6, 6.07) is 59.7. The van der Waals surface area contributed by atoms with Crippen LogP contribution in [0.1, 0.15) is 138 Å². The average Bonchev–Trinajstić information content (AvgIpc) is 3.72. The van der Waals surface area contributed by atoms with Crippen LogP contribution in [0, 0.1) is 35.5 Å². The molecule has 69 heavy (non-hydrogen) atoms. The SMILES string of the molecule is CC1(C)c2ccccc2-c2ccc(N(c3ccc(-c4ccccc4)cc3)c3cccc(-c4cc(C56CC7CC(CC(C7)C5)C6)cc5c4-c4ccc(C67CC8CC(CC(C8)C6)C7)cc4C5(C)C)c3)cc21. The van der Waals surface area contributed by atoms with Crippen molar-refractivity contribution in [3.63, 3.8) is 0 Å². The summed E-state index contributed by atoms with van der Waals surface area (Å²) in [5, 5.41) is 0. The molecule has 10 aliphatic rings. The van der Waals surface area contributed by atoms with Gasteiger partial charge >= 0.3 is 0 Å². The van der Waals surface area contributed by atoms with E-state index >= 15 is 0 Å². The summed E-state index contributed by atoms with van der Waals surface area (Å²) < 4.78 is 0. The van der Waals surface area contributed by atoms with E-state index in [2.05, 4.69) is 184 Å². The van der Waals surface area contributed by atoms with Gasteiger partial charge in [0.1, 0.15) is 0 Å². The molecule has 0 aromatic heterocycles. The summed E-state index contributed by atoms with van der Waals surface area (Å²) in [6.07, 6.45) is 17.3. The highest BCUT2D eigenvalue weighted by molar-refractivity contribution is 5.95. The fraction of sp³-hybridized carbons (Fsp3) is 0.382. The lowest BCUT2D eigenvalue weighted by Gasteiger charge is -2.57. The van der Waals surface area contributed by atoms with Crippen LogP contribution in [0.25, 0.3) is 44.5 Å². The van der Waals surface area contributed by atoms with Crippen LogP contribution < -0.4 is 4.90 Å². The zero-order chi connectivity index (χ0) is 46.0. The minimum absolute atomic E-state index is 0.0744. The van der Waals surface area contributed by atoms with Crippen molar-refractivity contribution in [1.29, 1.82) is 0 Å². The molecule has 0 spiro atoms. The first kappa shape index (κ1) is 41.2. The Morgan fingerprint density at radius 3 is 1.49 bits per heavy atom. The van der Waals surface area contributed by atoms with Gasteiger partial charge in [-0.1, -0.05) is 137 Å². The Morgan fingerprint density at radius 2 is 0.826 bits per heavy atom. The molecule has 0 heterocycles. The zero-order valence-corrected chi connectivity index (χ0v) is 41.3. The van der Waals surface area contributed by atoms with E-state index in [0.29, 0.717) is 10.8 Å². The summed E-state index contributed by atoms with van der Waals surface area (Å²) >= 11 is 0. The number of fused-ring (bicyclic) bond motifs is 6. The first-order valence-corrected chi connectivity index (χ1v) is 27.2. The fourth-order valence-corrected chi connectivity index (χ4v) is 18.2. The van der Waals surface area contributed by atoms with Gasteiger partial charge in [-0.25, -0.2) is 0 Å². The van der Waals surface area contributed by atoms with Gasteiger partial charge in [0.25, 0.3) is 0 Å². The van der Waals surface area contributed by atoms with Crippen LogP contribution in [-0.2, 0) is 21.7 Å². The first-order chi connectivity index (χ1) is 33.5. The lowest BCUT2D eigenvalue weighted by Crippen LogP contribution is -2.48. The van der Waals surface area contributed by atoms with Crippen LogP contribution in [0.4, 0.5) is 17.1 Å². The summed E-state index contributed by atoms with van der Waals surface area (Å²) in [5.74, 6) is 5.52. The molecule has 17 rings (SSSR count). The third-order valence-electron chi connectivity index (χ3n) is 20.5. The highest BCUT2D eigenvalue weighted by Gasteiger charge is 2.54. The van der Waals surface area contributed by atoms with Crippen LogP contribution in [-0.4, -0.2) is 0 Å². The molecule has 0 amide bonds. The number of rotatable bonds is 7. The van der Waals surface area contributed by atoms with E-state index in [1.807, 2.05) is 0 Å². The number of nitrogens with zero attached hydrogens (tertiary/aromatic N) is 1. The first-order valence-electron chi connectivity index (χ1n) is 27.2. The molecule has 1 heteroatoms. The van der Waals surface area contributed by atoms with Gasteiger partial charge in [0.2, 0.25) is 0 Å². The van der Waals surface area contributed by atoms with Crippen molar-refractivity contribution in [3.05, 3.63) is 185 Å². The van der Waals surface area contributed by atoms with Gasteiger partial charge in [0.15, 0.2) is 0 Å². The van der Waals surface area contributed by atoms with Crippen molar-refractivity contribution >= 4 is 17.1 Å². The Labute approximate surface area is 411 Å². The molecular formula is C68H67N. The second kappa shape index (κ2) is 14.5. The van der Waals surface area contributed by atoms with Crippen LogP contribution in [0.5, 0.6) is 0 Å². The lowest BCUT2D eigenvalue weighted by atomic mass is 9.48. The van der Waals surface area contributed by atoms with Crippen molar-refractivity contribution in [2.75, 3.05) is 4.90 Å². The van der Waals surface area contributed by atoms with E-state index in [4.69, 9.17) is 0 Å². The number of benzene rings is 7. The predicted octanol–water partition coefficient (Wildman–Crippen LogP) is 18.0. The second-order valence-corrected chi connectivity index (χ2v) is 25.4. The number of anilines is 3. The van der Waals surface area contributed by atoms with E-state index in [1.54, 1.807) is 22.3 Å². The summed E-state index contributed by atoms with van der Waals surface area (Å²) in [6.45, 7) is 9.98. The van der Waals surface area contributed by atoms with Gasteiger partial charge in [-0.2, -0.15) is 0 Å². The van der Waals surface area contributed by atoms with Gasteiger partial charge in [-0.15, -0.1) is 0 Å². The van der Waals surface area contributed by atoms with Crippen molar-refractivity contribution in [2.45, 2.75) is 126 Å². The van der Waals surface area contributed by atoms with E-state index < -0.39 is 0 Å². The molecule has 0 aliphatic heterocycles. The molecule has 0 atom stereocenters. The van der Waals surface area contributed by atoms with Crippen LogP contribution >= 0.6 is 0 Å². The molecule has 1 nitrogen and oxygen atoms in total. The Balaban J connectivity index is 0.904. The molecule has 8 bridgehead atoms. The van der Waals surface area contributed by atoms with E-state index in [9.17, 15) is 0 Å². The van der Waals surface area contributed by atoms with Crippen molar-refractivity contribution in [1.82, 2.24) is 0 Å². The Morgan fingerprint density at radius 1 is 0.333 bits per heavy atom. The van der Waals surface area contributed by atoms with Gasteiger partial charge in [-0.3, -0.25) is 0 Å². The van der Waals surface area contributed by atoms with Gasteiger partial charge in [0.05, 0.1) is 0 Å². The smallest absolute Gasteiger partial charge is 0.0467 e. The third-order valence-corrected chi connectivity index (χ3v) is 20.5. The normalized spacial score (nSPS) is 29.7. The van der Waals surface area contributed by atoms with E-state index in [1.165, 1.54) is 150 Å². The number of hydrogen-bond donors (Lipinski definition) is 0. The summed E-state index contributed by atoms with van der Waals surface area (Å²) in [4.78, 5) is 2.54. The molecule has 7 aromatic rings. The molecular weight excluding hydrogens is 831 g/mol. The quantitative estimate of drug-likeness (QED) is 0.154. The van der Waals surface area contributed by atoms with Crippen molar-refractivity contribution in [2.24, 2.45) is 35.5 Å². The van der Waals surface area contributed by atoms with E-state index in [0.717, 1.165) is 35.5 Å². The second-order valence-electron chi connectivity index (χ2n) is 25.4. The minimum Gasteiger partial charge on any atom is -0.310 e. The lowest BCUT2D eigenvalue weighted by molar-refractivity contribution is -0.00529. The monoisotopic (exact) mass is 898 g/mol. The maximum Gasteiger partial charge on any atom is 0.0467 e. The summed E-state index contributed by atoms with van der Waals surface area (Å²) in [5.41, 5.74) is 24.3. The van der Waals surface area contributed by atoms with Gasteiger partial charge in [0, 0.05) is 27.9 Å². The topological polar surface area (TPSA) is 3.24 Å². The molecule has 7 aromatic carbocycles. The molecule has 0 radical (unpaired) electrons. The predicted molar refractivity (Wildman–Crippen MR) is 287 cm³/mol. The third kappa shape index (κ3) is 6.07. The number of hydrogen-bond acceptors (Lipinski definition) is 1. The van der Waals surface area contributed by atoms with Crippen LogP contribution in [0.2, 0.25) is 0 Å². The average molecular weight is 898 g/mol. The molecule has 8 saturated carbocycles. The summed E-state index contributed by atoms with van der Waals surface area (Å²) in [7, 11) is 0. The Hall–Kier alpha value is -5.66. The molecule has 0 unspecified atom stereocenters. The maximum atomic E-state index is 2.78. The molecule has 344 valence electrons. The van der Waals surface area contributed by atoms with Crippen LogP contribution in [0.15, 0.2) is 152 Å². The highest BCUT2D eigenvalue weighted by Crippen LogP contribution is 2.65. The van der Waals surface area contributed by atoms with Crippen molar-refractivity contribution < 1.29 is 0 Å². The molecule has 8 fully saturated rings. The highest BCUT2D eigenvalue weighted by atomic mass is 15.1. The Bertz CT molecular complexity index is 3160. The van der Waals surface area contributed by atoms with Gasteiger partial charge < -0.3 is 4.90 Å². The molecule has 10 aliphatic carbocycles. The maximum absolute atomic E-state index is 2.78. The molecule has 0 saturated heterocycles. The minimum atomic E-state index is -0.0966.